The van der Waals surface area contributed by atoms with Crippen molar-refractivity contribution in [2.24, 2.45) is 5.90 Å². The molecule has 0 unspecified atom stereocenters. The quantitative estimate of drug-likeness (QED) is 0.777. The number of nitrogens with two attached hydrogens (primary N) is 1. The number of benzene rings is 1. The van der Waals surface area contributed by atoms with Crippen molar-refractivity contribution in [1.82, 2.24) is 0 Å². The fourth-order valence-electron chi connectivity index (χ4n) is 1.55. The average Bonchev–Trinajstić information content (AvgIpc) is 2.28. The molecular formula is C12H19NO3. The predicted octanol–water partition coefficient (Wildman–Crippen LogP) is 1.87. The van der Waals surface area contributed by atoms with Gasteiger partial charge >= 0.3 is 0 Å². The van der Waals surface area contributed by atoms with Crippen molar-refractivity contribution in [3.8, 4) is 11.5 Å². The molecule has 1 aromatic rings. The summed E-state index contributed by atoms with van der Waals surface area (Å²) in [6.07, 6.45) is 0. The highest BCUT2D eigenvalue weighted by atomic mass is 16.6. The summed E-state index contributed by atoms with van der Waals surface area (Å²) in [7, 11) is 3.24. The first kappa shape index (κ1) is 12.8. The monoisotopic (exact) mass is 225 g/mol. The molecule has 0 aliphatic carbocycles. The topological polar surface area (TPSA) is 53.7 Å². The number of hydrogen-bond donors (Lipinski definition) is 1. The number of hydrogen-bond acceptors (Lipinski definition) is 4. The molecular weight excluding hydrogens is 206 g/mol. The van der Waals surface area contributed by atoms with Gasteiger partial charge in [0.1, 0.15) is 0 Å². The van der Waals surface area contributed by atoms with Crippen molar-refractivity contribution in [2.75, 3.05) is 20.8 Å². The smallest absolute Gasteiger partial charge is 0.161 e. The van der Waals surface area contributed by atoms with E-state index in [1.165, 1.54) is 0 Å². The van der Waals surface area contributed by atoms with Crippen LogP contribution in [-0.4, -0.2) is 20.8 Å². The van der Waals surface area contributed by atoms with Crippen LogP contribution < -0.4 is 15.4 Å². The molecule has 0 saturated carbocycles. The van der Waals surface area contributed by atoms with E-state index in [9.17, 15) is 0 Å². The molecule has 0 aromatic heterocycles. The molecule has 0 radical (unpaired) electrons. The number of rotatable bonds is 5. The summed E-state index contributed by atoms with van der Waals surface area (Å²) >= 11 is 0. The van der Waals surface area contributed by atoms with Crippen LogP contribution >= 0.6 is 0 Å². The summed E-state index contributed by atoms with van der Waals surface area (Å²) < 4.78 is 10.4. The zero-order valence-electron chi connectivity index (χ0n) is 10.2. The first-order chi connectivity index (χ1) is 7.55. The first-order valence-corrected chi connectivity index (χ1v) is 5.09. The van der Waals surface area contributed by atoms with Gasteiger partial charge in [-0.05, 0) is 17.7 Å². The van der Waals surface area contributed by atoms with Crippen LogP contribution in [-0.2, 0) is 10.3 Å². The van der Waals surface area contributed by atoms with E-state index in [-0.39, 0.29) is 5.41 Å². The van der Waals surface area contributed by atoms with E-state index < -0.39 is 0 Å². The van der Waals surface area contributed by atoms with Gasteiger partial charge in [-0.15, -0.1) is 0 Å². The Labute approximate surface area is 96.3 Å². The van der Waals surface area contributed by atoms with Crippen molar-refractivity contribution in [3.05, 3.63) is 23.8 Å². The van der Waals surface area contributed by atoms with E-state index in [0.29, 0.717) is 12.4 Å². The second-order valence-electron chi connectivity index (χ2n) is 4.26. The van der Waals surface area contributed by atoms with Crippen molar-refractivity contribution < 1.29 is 14.3 Å². The van der Waals surface area contributed by atoms with E-state index in [4.69, 9.17) is 20.2 Å². The zero-order chi connectivity index (χ0) is 12.2. The molecule has 0 saturated heterocycles. The van der Waals surface area contributed by atoms with Crippen molar-refractivity contribution in [3.63, 3.8) is 0 Å². The molecule has 4 heteroatoms. The predicted molar refractivity (Wildman–Crippen MR) is 62.7 cm³/mol. The van der Waals surface area contributed by atoms with Crippen molar-refractivity contribution in [1.29, 1.82) is 0 Å². The summed E-state index contributed by atoms with van der Waals surface area (Å²) in [4.78, 5) is 4.72. The van der Waals surface area contributed by atoms with Gasteiger partial charge in [-0.3, -0.25) is 0 Å². The Hall–Kier alpha value is -1.26. The lowest BCUT2D eigenvalue weighted by Crippen LogP contribution is -2.26. The van der Waals surface area contributed by atoms with Crippen LogP contribution in [0.4, 0.5) is 0 Å². The molecule has 90 valence electrons. The first-order valence-electron chi connectivity index (χ1n) is 5.09. The van der Waals surface area contributed by atoms with Gasteiger partial charge in [0.2, 0.25) is 0 Å². The van der Waals surface area contributed by atoms with Crippen molar-refractivity contribution in [2.45, 2.75) is 19.3 Å². The normalized spacial score (nSPS) is 11.3. The molecule has 0 atom stereocenters. The lowest BCUT2D eigenvalue weighted by molar-refractivity contribution is 0.0963. The molecule has 0 aliphatic rings. The maximum Gasteiger partial charge on any atom is 0.161 e. The third-order valence-electron chi connectivity index (χ3n) is 2.61. The minimum Gasteiger partial charge on any atom is -0.493 e. The fourth-order valence-corrected chi connectivity index (χ4v) is 1.55. The number of ether oxygens (including phenoxy) is 2. The standard InChI is InChI=1S/C12H19NO3/c1-12(2,8-16-13)9-5-6-10(14-3)11(7-9)15-4/h5-7H,8,13H2,1-4H3. The molecule has 0 bridgehead atoms. The minimum atomic E-state index is -0.158. The lowest BCUT2D eigenvalue weighted by Gasteiger charge is -2.24. The molecule has 0 heterocycles. The third kappa shape index (κ3) is 2.65. The molecule has 0 spiro atoms. The fraction of sp³-hybridized carbons (Fsp3) is 0.500. The van der Waals surface area contributed by atoms with E-state index in [1.54, 1.807) is 14.2 Å². The van der Waals surface area contributed by atoms with E-state index in [0.717, 1.165) is 11.3 Å². The molecule has 1 rings (SSSR count). The Balaban J connectivity index is 3.07. The Morgan fingerprint density at radius 2 is 1.75 bits per heavy atom. The zero-order valence-corrected chi connectivity index (χ0v) is 10.2. The van der Waals surface area contributed by atoms with Gasteiger partial charge in [0, 0.05) is 5.41 Å². The van der Waals surface area contributed by atoms with Gasteiger partial charge in [-0.1, -0.05) is 19.9 Å². The maximum atomic E-state index is 5.25. The van der Waals surface area contributed by atoms with Crippen LogP contribution in [0.1, 0.15) is 19.4 Å². The Kier molecular flexibility index (Phi) is 4.15. The Morgan fingerprint density at radius 1 is 1.12 bits per heavy atom. The largest absolute Gasteiger partial charge is 0.493 e. The van der Waals surface area contributed by atoms with Crippen LogP contribution in [0.25, 0.3) is 0 Å². The van der Waals surface area contributed by atoms with E-state index in [2.05, 4.69) is 13.8 Å². The SMILES string of the molecule is COc1ccc(C(C)(C)CON)cc1OC. The molecule has 0 amide bonds. The third-order valence-corrected chi connectivity index (χ3v) is 2.61. The molecule has 1 aromatic carbocycles. The van der Waals surface area contributed by atoms with Crippen LogP contribution in [0.2, 0.25) is 0 Å². The summed E-state index contributed by atoms with van der Waals surface area (Å²) in [5, 5.41) is 0. The van der Waals surface area contributed by atoms with Gasteiger partial charge in [0.15, 0.2) is 11.5 Å². The Morgan fingerprint density at radius 3 is 2.25 bits per heavy atom. The summed E-state index contributed by atoms with van der Waals surface area (Å²) in [5.74, 6) is 6.55. The second kappa shape index (κ2) is 5.18. The van der Waals surface area contributed by atoms with E-state index >= 15 is 0 Å². The lowest BCUT2D eigenvalue weighted by atomic mass is 9.85. The summed E-state index contributed by atoms with van der Waals surface area (Å²) in [5.41, 5.74) is 0.935. The molecule has 2 N–H and O–H groups in total. The maximum absolute atomic E-state index is 5.25. The van der Waals surface area contributed by atoms with Gasteiger partial charge in [0.25, 0.3) is 0 Å². The van der Waals surface area contributed by atoms with Gasteiger partial charge < -0.3 is 14.3 Å². The van der Waals surface area contributed by atoms with Gasteiger partial charge in [0.05, 0.1) is 20.8 Å². The summed E-state index contributed by atoms with van der Waals surface area (Å²) in [6.45, 7) is 4.56. The van der Waals surface area contributed by atoms with E-state index in [1.807, 2.05) is 18.2 Å². The summed E-state index contributed by atoms with van der Waals surface area (Å²) in [6, 6.07) is 5.81. The molecule has 4 nitrogen and oxygen atoms in total. The molecule has 16 heavy (non-hydrogen) atoms. The van der Waals surface area contributed by atoms with Crippen molar-refractivity contribution >= 4 is 0 Å². The Bertz CT molecular complexity index is 350. The molecule has 0 fully saturated rings. The minimum absolute atomic E-state index is 0.158. The van der Waals surface area contributed by atoms with Crippen LogP contribution in [0, 0.1) is 0 Å². The highest BCUT2D eigenvalue weighted by molar-refractivity contribution is 5.44. The average molecular weight is 225 g/mol. The van der Waals surface area contributed by atoms with Gasteiger partial charge in [-0.25, -0.2) is 5.90 Å². The second-order valence-corrected chi connectivity index (χ2v) is 4.26. The number of methoxy groups -OCH3 is 2. The van der Waals surface area contributed by atoms with Gasteiger partial charge in [-0.2, -0.15) is 0 Å². The van der Waals surface area contributed by atoms with Crippen LogP contribution in [0.15, 0.2) is 18.2 Å². The highest BCUT2D eigenvalue weighted by Gasteiger charge is 2.22. The van der Waals surface area contributed by atoms with Crippen LogP contribution in [0.5, 0.6) is 11.5 Å². The van der Waals surface area contributed by atoms with Crippen LogP contribution in [0.3, 0.4) is 0 Å². The highest BCUT2D eigenvalue weighted by Crippen LogP contribution is 2.33. The molecule has 0 aliphatic heterocycles.